The zero-order valence-corrected chi connectivity index (χ0v) is 16.4. The van der Waals surface area contributed by atoms with Crippen LogP contribution in [0.4, 0.5) is 11.4 Å². The van der Waals surface area contributed by atoms with Gasteiger partial charge in [0.15, 0.2) is 0 Å². The quantitative estimate of drug-likeness (QED) is 0.447. The van der Waals surface area contributed by atoms with Gasteiger partial charge in [0.1, 0.15) is 11.5 Å². The summed E-state index contributed by atoms with van der Waals surface area (Å²) in [5.41, 5.74) is 4.33. The highest BCUT2D eigenvalue weighted by atomic mass is 16.7. The van der Waals surface area contributed by atoms with Crippen LogP contribution in [-0.4, -0.2) is 26.1 Å². The lowest BCUT2D eigenvalue weighted by Crippen LogP contribution is -2.10. The third-order valence-corrected chi connectivity index (χ3v) is 4.03. The van der Waals surface area contributed by atoms with Gasteiger partial charge in [0, 0.05) is 5.56 Å². The van der Waals surface area contributed by atoms with Crippen molar-refractivity contribution in [2.45, 2.75) is 0 Å². The van der Waals surface area contributed by atoms with E-state index in [9.17, 15) is 9.59 Å². The van der Waals surface area contributed by atoms with E-state index in [1.54, 1.807) is 79.9 Å². The molecule has 0 aliphatic rings. The van der Waals surface area contributed by atoms with Gasteiger partial charge in [-0.05, 0) is 66.7 Å². The first kappa shape index (κ1) is 20.5. The van der Waals surface area contributed by atoms with Crippen LogP contribution < -0.4 is 15.0 Å². The van der Waals surface area contributed by atoms with Crippen molar-refractivity contribution < 1.29 is 23.9 Å². The third kappa shape index (κ3) is 5.41. The van der Waals surface area contributed by atoms with E-state index in [0.29, 0.717) is 34.0 Å². The molecule has 0 saturated heterocycles. The first-order valence-corrected chi connectivity index (χ1v) is 8.90. The van der Waals surface area contributed by atoms with Crippen molar-refractivity contribution in [2.75, 3.05) is 19.7 Å². The zero-order chi connectivity index (χ0) is 21.3. The van der Waals surface area contributed by atoms with Crippen LogP contribution in [0.2, 0.25) is 0 Å². The Morgan fingerprint density at radius 1 is 0.800 bits per heavy atom. The van der Waals surface area contributed by atoms with Gasteiger partial charge in [-0.2, -0.15) is 0 Å². The van der Waals surface area contributed by atoms with Gasteiger partial charge in [-0.1, -0.05) is 6.07 Å². The lowest BCUT2D eigenvalue weighted by molar-refractivity contribution is 0.0596. The smallest absolute Gasteiger partial charge is 0.362 e. The maximum absolute atomic E-state index is 12.1. The van der Waals surface area contributed by atoms with Gasteiger partial charge in [0.2, 0.25) is 0 Å². The molecular formula is C22H19N3O5. The molecule has 0 unspecified atom stereocenters. The van der Waals surface area contributed by atoms with Crippen LogP contribution in [-0.2, 0) is 4.84 Å². The van der Waals surface area contributed by atoms with E-state index in [4.69, 9.17) is 14.3 Å². The van der Waals surface area contributed by atoms with Crippen LogP contribution in [0.3, 0.4) is 0 Å². The molecule has 152 valence electrons. The maximum Gasteiger partial charge on any atom is 0.362 e. The third-order valence-electron chi connectivity index (χ3n) is 4.03. The average Bonchev–Trinajstić information content (AvgIpc) is 2.81. The predicted octanol–water partition coefficient (Wildman–Crippen LogP) is 4.81. The number of rotatable bonds is 7. The summed E-state index contributed by atoms with van der Waals surface area (Å²) >= 11 is 0. The fourth-order valence-electron chi connectivity index (χ4n) is 2.40. The molecule has 0 bridgehead atoms. The number of methoxy groups -OCH3 is 2. The highest BCUT2D eigenvalue weighted by Gasteiger charge is 2.09. The SMILES string of the molecule is COc1ccc(C(=O)N=Nc2ccc(NOC(=O)c3cccc(OC)c3)cc2)cc1. The van der Waals surface area contributed by atoms with E-state index in [2.05, 4.69) is 15.7 Å². The fraction of sp³-hybridized carbons (Fsp3) is 0.0909. The first-order valence-electron chi connectivity index (χ1n) is 8.90. The number of carbonyl (C=O) groups excluding carboxylic acids is 2. The van der Waals surface area contributed by atoms with Crippen LogP contribution in [0.15, 0.2) is 83.0 Å². The van der Waals surface area contributed by atoms with E-state index in [0.717, 1.165) is 0 Å². The van der Waals surface area contributed by atoms with Crippen molar-refractivity contribution in [1.82, 2.24) is 0 Å². The molecule has 0 aliphatic heterocycles. The number of nitrogens with one attached hydrogen (secondary N) is 1. The standard InChI is InChI=1S/C22H19N3O5/c1-28-19-12-6-15(7-13-19)21(26)24-23-17-8-10-18(11-9-17)25-30-22(27)16-4-3-5-20(14-16)29-2/h3-14,25H,1-2H3. The number of anilines is 1. The van der Waals surface area contributed by atoms with E-state index < -0.39 is 11.9 Å². The van der Waals surface area contributed by atoms with Crippen LogP contribution in [0.5, 0.6) is 11.5 Å². The van der Waals surface area contributed by atoms with E-state index in [-0.39, 0.29) is 0 Å². The Morgan fingerprint density at radius 3 is 2.17 bits per heavy atom. The molecule has 0 atom stereocenters. The maximum atomic E-state index is 12.1. The molecule has 30 heavy (non-hydrogen) atoms. The number of nitrogens with zero attached hydrogens (tertiary/aromatic N) is 2. The summed E-state index contributed by atoms with van der Waals surface area (Å²) in [5, 5.41) is 7.63. The molecule has 0 spiro atoms. The number of hydrogen-bond donors (Lipinski definition) is 1. The monoisotopic (exact) mass is 405 g/mol. The van der Waals surface area contributed by atoms with Crippen LogP contribution in [0.1, 0.15) is 20.7 Å². The molecule has 0 aliphatic carbocycles. The van der Waals surface area contributed by atoms with Gasteiger partial charge in [-0.15, -0.1) is 10.2 Å². The van der Waals surface area contributed by atoms with Gasteiger partial charge in [0.25, 0.3) is 5.91 Å². The molecule has 1 N–H and O–H groups in total. The Morgan fingerprint density at radius 2 is 1.50 bits per heavy atom. The van der Waals surface area contributed by atoms with E-state index in [1.807, 2.05) is 0 Å². The topological polar surface area (TPSA) is 98.6 Å². The number of amides is 1. The Balaban J connectivity index is 1.55. The molecule has 0 aromatic heterocycles. The molecule has 0 radical (unpaired) electrons. The van der Waals surface area contributed by atoms with E-state index >= 15 is 0 Å². The summed E-state index contributed by atoms with van der Waals surface area (Å²) in [6, 6.07) is 19.8. The lowest BCUT2D eigenvalue weighted by Gasteiger charge is -2.07. The van der Waals surface area contributed by atoms with Crippen molar-refractivity contribution >= 4 is 23.3 Å². The summed E-state index contributed by atoms with van der Waals surface area (Å²) < 4.78 is 10.1. The minimum Gasteiger partial charge on any atom is -0.497 e. The van der Waals surface area contributed by atoms with Crippen LogP contribution >= 0.6 is 0 Å². The van der Waals surface area contributed by atoms with Crippen LogP contribution in [0.25, 0.3) is 0 Å². The number of ether oxygens (including phenoxy) is 2. The zero-order valence-electron chi connectivity index (χ0n) is 16.4. The second-order valence-corrected chi connectivity index (χ2v) is 6.00. The molecule has 8 heteroatoms. The molecular weight excluding hydrogens is 386 g/mol. The summed E-state index contributed by atoms with van der Waals surface area (Å²) in [6.45, 7) is 0. The minimum atomic E-state index is -0.553. The summed E-state index contributed by atoms with van der Waals surface area (Å²) in [7, 11) is 3.07. The largest absolute Gasteiger partial charge is 0.497 e. The van der Waals surface area contributed by atoms with Crippen molar-refractivity contribution in [3.05, 3.63) is 83.9 Å². The highest BCUT2D eigenvalue weighted by molar-refractivity contribution is 5.94. The highest BCUT2D eigenvalue weighted by Crippen LogP contribution is 2.19. The minimum absolute atomic E-state index is 0.351. The van der Waals surface area contributed by atoms with E-state index in [1.165, 1.54) is 7.11 Å². The van der Waals surface area contributed by atoms with Crippen molar-refractivity contribution in [1.29, 1.82) is 0 Å². The summed E-state index contributed by atoms with van der Waals surface area (Å²) in [6.07, 6.45) is 0. The van der Waals surface area contributed by atoms with Crippen molar-refractivity contribution in [2.24, 2.45) is 10.2 Å². The second kappa shape index (κ2) is 9.83. The van der Waals surface area contributed by atoms with Gasteiger partial charge in [0.05, 0.1) is 31.2 Å². The molecule has 0 heterocycles. The van der Waals surface area contributed by atoms with Crippen LogP contribution in [0, 0.1) is 0 Å². The summed E-state index contributed by atoms with van der Waals surface area (Å²) in [5.74, 6) is 0.192. The fourth-order valence-corrected chi connectivity index (χ4v) is 2.40. The number of azo groups is 1. The molecule has 1 amide bonds. The Hall–Kier alpha value is -4.20. The molecule has 0 saturated carbocycles. The molecule has 3 aromatic rings. The van der Waals surface area contributed by atoms with Crippen molar-refractivity contribution in [3.8, 4) is 11.5 Å². The Kier molecular flexibility index (Phi) is 6.73. The number of hydrogen-bond acceptors (Lipinski definition) is 7. The average molecular weight is 405 g/mol. The molecule has 8 nitrogen and oxygen atoms in total. The van der Waals surface area contributed by atoms with Crippen molar-refractivity contribution in [3.63, 3.8) is 0 Å². The molecule has 3 rings (SSSR count). The molecule has 3 aromatic carbocycles. The Labute approximate surface area is 173 Å². The van der Waals surface area contributed by atoms with Gasteiger partial charge >= 0.3 is 5.97 Å². The molecule has 0 fully saturated rings. The Bertz CT molecular complexity index is 1050. The number of carbonyl (C=O) groups is 2. The van der Waals surface area contributed by atoms with Gasteiger partial charge < -0.3 is 14.3 Å². The van der Waals surface area contributed by atoms with Gasteiger partial charge in [-0.25, -0.2) is 10.3 Å². The normalized spacial score (nSPS) is 10.5. The number of benzene rings is 3. The van der Waals surface area contributed by atoms with Gasteiger partial charge in [-0.3, -0.25) is 4.79 Å². The predicted molar refractivity (Wildman–Crippen MR) is 110 cm³/mol. The second-order valence-electron chi connectivity index (χ2n) is 6.00. The summed E-state index contributed by atoms with van der Waals surface area (Å²) in [4.78, 5) is 29.2. The lowest BCUT2D eigenvalue weighted by atomic mass is 10.2. The first-order chi connectivity index (χ1) is 14.6.